The zero-order chi connectivity index (χ0) is 26.7. The topological polar surface area (TPSA) is 81.0 Å². The van der Waals surface area contributed by atoms with E-state index in [0.717, 1.165) is 27.4 Å². The molecule has 0 N–H and O–H groups in total. The summed E-state index contributed by atoms with van der Waals surface area (Å²) in [6, 6.07) is 14.3. The van der Waals surface area contributed by atoms with Crippen molar-refractivity contribution < 1.29 is 26.7 Å². The summed E-state index contributed by atoms with van der Waals surface area (Å²) in [5, 5.41) is 0.595. The van der Waals surface area contributed by atoms with Crippen molar-refractivity contribution in [2.24, 2.45) is 4.99 Å². The lowest BCUT2D eigenvalue weighted by molar-refractivity contribution is -0.00614. The first kappa shape index (κ1) is 24.6. The van der Waals surface area contributed by atoms with E-state index in [1.807, 2.05) is 24.3 Å². The van der Waals surface area contributed by atoms with Crippen LogP contribution in [0.4, 0.5) is 14.5 Å². The highest BCUT2D eigenvalue weighted by Crippen LogP contribution is 2.43. The third-order valence-corrected chi connectivity index (χ3v) is 8.97. The maximum atomic E-state index is 13.9. The molecule has 6 rings (SSSR count). The number of benzene rings is 3. The minimum Gasteiger partial charge on any atom is -0.472 e. The van der Waals surface area contributed by atoms with Gasteiger partial charge in [-0.05, 0) is 30.3 Å². The van der Waals surface area contributed by atoms with Gasteiger partial charge in [0, 0.05) is 54.2 Å². The van der Waals surface area contributed by atoms with Crippen LogP contribution >= 0.6 is 11.6 Å². The Morgan fingerprint density at radius 1 is 1.00 bits per heavy atom. The standard InChI is InChI=1S/C27H20ClF2N3O4S/c28-17-5-6-21-22(15-33(25(21)11-17)38(35,36)20-13-18(29)12-19(30)14-20)26(34)32-9-7-27(8-10-32)23-3-1-2-4-24(23)31-16-37-27/h1-6,11-16H,7-10H2. The van der Waals surface area contributed by atoms with Gasteiger partial charge in [0.25, 0.3) is 15.9 Å². The maximum Gasteiger partial charge on any atom is 0.268 e. The van der Waals surface area contributed by atoms with Gasteiger partial charge in [0.2, 0.25) is 0 Å². The summed E-state index contributed by atoms with van der Waals surface area (Å²) in [4.78, 5) is 19.1. The third kappa shape index (κ3) is 3.95. The molecule has 0 bridgehead atoms. The molecule has 1 saturated heterocycles. The fourth-order valence-electron chi connectivity index (χ4n) is 5.18. The molecular weight excluding hydrogens is 536 g/mol. The molecular formula is C27H20ClF2N3O4S. The summed E-state index contributed by atoms with van der Waals surface area (Å²) in [6.45, 7) is 0.728. The number of amides is 1. The lowest BCUT2D eigenvalue weighted by atomic mass is 9.82. The molecule has 1 amide bonds. The fraction of sp³-hybridized carbons (Fsp3) is 0.185. The Hall–Kier alpha value is -3.76. The molecule has 1 fully saturated rings. The molecule has 0 aliphatic carbocycles. The number of carbonyl (C=O) groups is 1. The third-order valence-electron chi connectivity index (χ3n) is 7.08. The minimum atomic E-state index is -4.45. The Kier molecular flexibility index (Phi) is 5.77. The van der Waals surface area contributed by atoms with Crippen LogP contribution < -0.4 is 0 Å². The number of halogens is 3. The molecule has 0 radical (unpaired) electrons. The molecule has 194 valence electrons. The van der Waals surface area contributed by atoms with Crippen LogP contribution in [0, 0.1) is 11.6 Å². The van der Waals surface area contributed by atoms with Crippen molar-refractivity contribution in [3.05, 3.63) is 94.6 Å². The van der Waals surface area contributed by atoms with Crippen LogP contribution in [-0.4, -0.2) is 42.7 Å². The van der Waals surface area contributed by atoms with Gasteiger partial charge in [0.05, 0.1) is 21.7 Å². The van der Waals surface area contributed by atoms with E-state index in [1.54, 1.807) is 17.0 Å². The van der Waals surface area contributed by atoms with Gasteiger partial charge in [0.1, 0.15) is 17.2 Å². The number of likely N-dealkylation sites (tertiary alicyclic amines) is 1. The van der Waals surface area contributed by atoms with Crippen LogP contribution in [0.1, 0.15) is 28.8 Å². The highest BCUT2D eigenvalue weighted by atomic mass is 35.5. The second-order valence-electron chi connectivity index (χ2n) is 9.27. The van der Waals surface area contributed by atoms with E-state index in [9.17, 15) is 22.0 Å². The number of hydrogen-bond acceptors (Lipinski definition) is 5. The first-order chi connectivity index (χ1) is 18.2. The van der Waals surface area contributed by atoms with E-state index in [1.165, 1.54) is 18.7 Å². The highest BCUT2D eigenvalue weighted by molar-refractivity contribution is 7.90. The van der Waals surface area contributed by atoms with Crippen molar-refractivity contribution in [1.29, 1.82) is 0 Å². The Morgan fingerprint density at radius 2 is 1.71 bits per heavy atom. The molecule has 7 nitrogen and oxygen atoms in total. The van der Waals surface area contributed by atoms with Crippen molar-refractivity contribution >= 4 is 50.5 Å². The molecule has 38 heavy (non-hydrogen) atoms. The second kappa shape index (κ2) is 8.92. The molecule has 0 saturated carbocycles. The van der Waals surface area contributed by atoms with Crippen LogP contribution in [0.15, 0.2) is 76.7 Å². The minimum absolute atomic E-state index is 0.125. The quantitative estimate of drug-likeness (QED) is 0.328. The first-order valence-electron chi connectivity index (χ1n) is 11.8. The predicted octanol–water partition coefficient (Wildman–Crippen LogP) is 5.63. The molecule has 2 aliphatic rings. The molecule has 0 atom stereocenters. The summed E-state index contributed by atoms with van der Waals surface area (Å²) in [5.74, 6) is -2.44. The smallest absolute Gasteiger partial charge is 0.268 e. The van der Waals surface area contributed by atoms with Gasteiger partial charge in [0.15, 0.2) is 6.40 Å². The van der Waals surface area contributed by atoms with Gasteiger partial charge in [-0.1, -0.05) is 35.9 Å². The van der Waals surface area contributed by atoms with Gasteiger partial charge in [-0.15, -0.1) is 0 Å². The van der Waals surface area contributed by atoms with Crippen LogP contribution in [0.5, 0.6) is 0 Å². The SMILES string of the molecule is O=C(c1cn(S(=O)(=O)c2cc(F)cc(F)c2)c2cc(Cl)ccc12)N1CCC2(CC1)OC=Nc1ccccc12. The molecule has 3 heterocycles. The van der Waals surface area contributed by atoms with E-state index in [0.29, 0.717) is 37.4 Å². The first-order valence-corrected chi connectivity index (χ1v) is 13.6. The zero-order valence-electron chi connectivity index (χ0n) is 19.8. The molecule has 1 aromatic heterocycles. The Labute approximate surface area is 222 Å². The lowest BCUT2D eigenvalue weighted by Crippen LogP contribution is -2.47. The van der Waals surface area contributed by atoms with Gasteiger partial charge < -0.3 is 9.64 Å². The fourth-order valence-corrected chi connectivity index (χ4v) is 6.75. The lowest BCUT2D eigenvalue weighted by Gasteiger charge is -2.42. The molecule has 3 aromatic carbocycles. The summed E-state index contributed by atoms with van der Waals surface area (Å²) >= 11 is 6.15. The maximum absolute atomic E-state index is 13.9. The summed E-state index contributed by atoms with van der Waals surface area (Å²) < 4.78 is 61.4. The van der Waals surface area contributed by atoms with Gasteiger partial charge in [-0.25, -0.2) is 26.2 Å². The van der Waals surface area contributed by atoms with Crippen LogP contribution in [-0.2, 0) is 20.4 Å². The number of rotatable bonds is 3. The van der Waals surface area contributed by atoms with Crippen molar-refractivity contribution in [1.82, 2.24) is 8.87 Å². The Bertz CT molecular complexity index is 1720. The average Bonchev–Trinajstić information content (AvgIpc) is 3.28. The van der Waals surface area contributed by atoms with Crippen LogP contribution in [0.2, 0.25) is 5.02 Å². The second-order valence-corrected chi connectivity index (χ2v) is 11.5. The van der Waals surface area contributed by atoms with Crippen LogP contribution in [0.25, 0.3) is 10.9 Å². The number of aromatic nitrogens is 1. The Balaban J connectivity index is 1.36. The monoisotopic (exact) mass is 555 g/mol. The number of para-hydroxylation sites is 1. The zero-order valence-corrected chi connectivity index (χ0v) is 21.3. The van der Waals surface area contributed by atoms with E-state index in [-0.39, 0.29) is 22.0 Å². The number of fused-ring (bicyclic) bond motifs is 3. The molecule has 4 aromatic rings. The summed E-state index contributed by atoms with van der Waals surface area (Å²) in [5.41, 5.74) is 1.47. The average molecular weight is 556 g/mol. The van der Waals surface area contributed by atoms with E-state index < -0.39 is 32.2 Å². The molecule has 2 aliphatic heterocycles. The van der Waals surface area contributed by atoms with E-state index in [2.05, 4.69) is 4.99 Å². The van der Waals surface area contributed by atoms with Crippen molar-refractivity contribution in [3.8, 4) is 0 Å². The highest BCUT2D eigenvalue weighted by Gasteiger charge is 2.42. The number of nitrogens with zero attached hydrogens (tertiary/aromatic N) is 3. The summed E-state index contributed by atoms with van der Waals surface area (Å²) in [7, 11) is -4.45. The molecule has 0 unspecified atom stereocenters. The Morgan fingerprint density at radius 3 is 2.45 bits per heavy atom. The number of ether oxygens (including phenoxy) is 1. The normalized spacial score (nSPS) is 16.4. The van der Waals surface area contributed by atoms with Gasteiger partial charge in [-0.3, -0.25) is 4.79 Å². The predicted molar refractivity (Wildman–Crippen MR) is 138 cm³/mol. The number of piperidine rings is 1. The molecule has 1 spiro atoms. The largest absolute Gasteiger partial charge is 0.472 e. The number of aliphatic imine (C=N–C) groups is 1. The van der Waals surface area contributed by atoms with Crippen molar-refractivity contribution in [3.63, 3.8) is 0 Å². The van der Waals surface area contributed by atoms with E-state index in [4.69, 9.17) is 16.3 Å². The van der Waals surface area contributed by atoms with Gasteiger partial charge >= 0.3 is 0 Å². The molecule has 11 heteroatoms. The summed E-state index contributed by atoms with van der Waals surface area (Å²) in [6.07, 6.45) is 3.67. The van der Waals surface area contributed by atoms with Crippen LogP contribution in [0.3, 0.4) is 0 Å². The van der Waals surface area contributed by atoms with Gasteiger partial charge in [-0.2, -0.15) is 0 Å². The van der Waals surface area contributed by atoms with Crippen molar-refractivity contribution in [2.45, 2.75) is 23.3 Å². The van der Waals surface area contributed by atoms with E-state index >= 15 is 0 Å². The van der Waals surface area contributed by atoms with Crippen molar-refractivity contribution in [2.75, 3.05) is 13.1 Å². The number of carbonyl (C=O) groups excluding carboxylic acids is 1. The number of hydrogen-bond donors (Lipinski definition) is 0.